The summed E-state index contributed by atoms with van der Waals surface area (Å²) in [6.07, 6.45) is 2.57. The van der Waals surface area contributed by atoms with Crippen LogP contribution in [0.2, 0.25) is 0 Å². The lowest BCUT2D eigenvalue weighted by molar-refractivity contribution is -0.137. The number of aliphatic carboxylic acids is 1. The number of carbonyl (C=O) groups is 1. The van der Waals surface area contributed by atoms with E-state index in [-0.39, 0.29) is 12.3 Å². The van der Waals surface area contributed by atoms with E-state index in [1.54, 1.807) is 0 Å². The molecular weight excluding hydrogens is 238 g/mol. The molecule has 1 saturated carbocycles. The maximum atomic E-state index is 11.1. The van der Waals surface area contributed by atoms with Gasteiger partial charge in [0.25, 0.3) is 0 Å². The minimum absolute atomic E-state index is 0.160. The van der Waals surface area contributed by atoms with Crippen LogP contribution in [0, 0.1) is 19.8 Å². The van der Waals surface area contributed by atoms with Crippen LogP contribution in [0.15, 0.2) is 18.2 Å². The summed E-state index contributed by atoms with van der Waals surface area (Å²) in [5, 5.41) is 10.4. The molecule has 2 aromatic rings. The molecule has 1 fully saturated rings. The maximum absolute atomic E-state index is 11.1. The number of aromatic amines is 1. The molecular formula is C16H19NO2. The minimum Gasteiger partial charge on any atom is -0.481 e. The fourth-order valence-corrected chi connectivity index (χ4v) is 3.13. The van der Waals surface area contributed by atoms with E-state index in [0.717, 1.165) is 24.1 Å². The lowest BCUT2D eigenvalue weighted by Crippen LogP contribution is -2.09. The van der Waals surface area contributed by atoms with Crippen LogP contribution in [-0.2, 0) is 4.79 Å². The molecule has 1 unspecified atom stereocenters. The van der Waals surface area contributed by atoms with Crippen LogP contribution in [0.4, 0.5) is 0 Å². The Kier molecular flexibility index (Phi) is 2.85. The summed E-state index contributed by atoms with van der Waals surface area (Å²) in [5.41, 5.74) is 4.69. The molecule has 0 saturated heterocycles. The van der Waals surface area contributed by atoms with E-state index in [9.17, 15) is 4.79 Å². The number of nitrogens with one attached hydrogen (secondary N) is 1. The predicted molar refractivity (Wildman–Crippen MR) is 75.5 cm³/mol. The van der Waals surface area contributed by atoms with Crippen LogP contribution >= 0.6 is 0 Å². The molecule has 0 spiro atoms. The number of H-pyrrole nitrogens is 1. The van der Waals surface area contributed by atoms with Crippen molar-refractivity contribution < 1.29 is 9.90 Å². The summed E-state index contributed by atoms with van der Waals surface area (Å²) in [7, 11) is 0. The standard InChI is InChI=1S/C16H19NO2/c1-9-3-6-14-13(7-9)16(10(2)17-14)12(8-15(18)19)11-4-5-11/h3,6-7,11-12,17H,4-5,8H2,1-2H3,(H,18,19). The van der Waals surface area contributed by atoms with Gasteiger partial charge in [-0.05, 0) is 56.2 Å². The van der Waals surface area contributed by atoms with E-state index >= 15 is 0 Å². The van der Waals surface area contributed by atoms with Crippen LogP contribution in [0.5, 0.6) is 0 Å². The molecule has 0 bridgehead atoms. The van der Waals surface area contributed by atoms with Crippen molar-refractivity contribution in [1.82, 2.24) is 4.98 Å². The zero-order valence-electron chi connectivity index (χ0n) is 11.4. The molecule has 2 N–H and O–H groups in total. The SMILES string of the molecule is Cc1ccc2[nH]c(C)c(C(CC(=O)O)C3CC3)c2c1. The molecule has 19 heavy (non-hydrogen) atoms. The van der Waals surface area contributed by atoms with E-state index in [1.807, 2.05) is 0 Å². The summed E-state index contributed by atoms with van der Waals surface area (Å²) >= 11 is 0. The summed E-state index contributed by atoms with van der Waals surface area (Å²) in [6.45, 7) is 4.14. The fourth-order valence-electron chi connectivity index (χ4n) is 3.13. The first-order valence-electron chi connectivity index (χ1n) is 6.87. The fraction of sp³-hybridized carbons (Fsp3) is 0.438. The molecule has 1 aliphatic rings. The number of rotatable bonds is 4. The Hall–Kier alpha value is -1.77. The Bertz CT molecular complexity index is 637. The van der Waals surface area contributed by atoms with Crippen molar-refractivity contribution in [3.63, 3.8) is 0 Å². The highest BCUT2D eigenvalue weighted by molar-refractivity contribution is 5.86. The highest BCUT2D eigenvalue weighted by Crippen LogP contribution is 2.47. The van der Waals surface area contributed by atoms with Gasteiger partial charge in [0.2, 0.25) is 0 Å². The van der Waals surface area contributed by atoms with E-state index in [0.29, 0.717) is 5.92 Å². The first-order valence-corrected chi connectivity index (χ1v) is 6.87. The molecule has 1 aromatic carbocycles. The van der Waals surface area contributed by atoms with Gasteiger partial charge in [0.05, 0.1) is 6.42 Å². The van der Waals surface area contributed by atoms with Crippen LogP contribution in [0.3, 0.4) is 0 Å². The number of hydrogen-bond donors (Lipinski definition) is 2. The summed E-state index contributed by atoms with van der Waals surface area (Å²) in [5.74, 6) is 0.0145. The molecule has 1 aliphatic carbocycles. The van der Waals surface area contributed by atoms with Gasteiger partial charge in [-0.25, -0.2) is 0 Å². The number of aromatic nitrogens is 1. The van der Waals surface area contributed by atoms with Crippen LogP contribution in [0.1, 0.15) is 42.0 Å². The van der Waals surface area contributed by atoms with Gasteiger partial charge in [0, 0.05) is 16.6 Å². The van der Waals surface area contributed by atoms with Crippen molar-refractivity contribution in [2.24, 2.45) is 5.92 Å². The quantitative estimate of drug-likeness (QED) is 0.876. The molecule has 0 aliphatic heterocycles. The van der Waals surface area contributed by atoms with E-state index in [1.165, 1.54) is 16.5 Å². The summed E-state index contributed by atoms with van der Waals surface area (Å²) in [6, 6.07) is 6.35. The Balaban J connectivity index is 2.13. The number of carboxylic acids is 1. The first kappa shape index (κ1) is 12.3. The second-order valence-corrected chi connectivity index (χ2v) is 5.75. The largest absolute Gasteiger partial charge is 0.481 e. The zero-order valence-corrected chi connectivity index (χ0v) is 11.4. The predicted octanol–water partition coefficient (Wildman–Crippen LogP) is 3.75. The molecule has 100 valence electrons. The van der Waals surface area contributed by atoms with Crippen LogP contribution in [0.25, 0.3) is 10.9 Å². The number of hydrogen-bond acceptors (Lipinski definition) is 1. The van der Waals surface area contributed by atoms with Gasteiger partial charge in [-0.2, -0.15) is 0 Å². The van der Waals surface area contributed by atoms with E-state index in [2.05, 4.69) is 37.0 Å². The smallest absolute Gasteiger partial charge is 0.303 e. The average molecular weight is 257 g/mol. The molecule has 3 nitrogen and oxygen atoms in total. The molecule has 1 atom stereocenters. The second kappa shape index (κ2) is 4.41. The lowest BCUT2D eigenvalue weighted by Gasteiger charge is -2.15. The Morgan fingerprint density at radius 2 is 2.16 bits per heavy atom. The van der Waals surface area contributed by atoms with Crippen molar-refractivity contribution >= 4 is 16.9 Å². The Morgan fingerprint density at radius 1 is 1.42 bits per heavy atom. The monoisotopic (exact) mass is 257 g/mol. The number of aryl methyl sites for hydroxylation is 2. The molecule has 3 heteroatoms. The van der Waals surface area contributed by atoms with Gasteiger partial charge in [0.1, 0.15) is 0 Å². The lowest BCUT2D eigenvalue weighted by atomic mass is 9.88. The second-order valence-electron chi connectivity index (χ2n) is 5.75. The highest BCUT2D eigenvalue weighted by Gasteiger charge is 2.36. The van der Waals surface area contributed by atoms with Crippen molar-refractivity contribution in [3.8, 4) is 0 Å². The summed E-state index contributed by atoms with van der Waals surface area (Å²) < 4.78 is 0. The molecule has 3 rings (SSSR count). The minimum atomic E-state index is -0.696. The van der Waals surface area contributed by atoms with Crippen molar-refractivity contribution in [2.45, 2.75) is 39.0 Å². The van der Waals surface area contributed by atoms with Gasteiger partial charge < -0.3 is 10.1 Å². The topological polar surface area (TPSA) is 53.1 Å². The van der Waals surface area contributed by atoms with E-state index in [4.69, 9.17) is 5.11 Å². The molecule has 0 radical (unpaired) electrons. The number of fused-ring (bicyclic) bond motifs is 1. The Morgan fingerprint density at radius 3 is 2.79 bits per heavy atom. The summed E-state index contributed by atoms with van der Waals surface area (Å²) in [4.78, 5) is 14.5. The molecule has 1 aromatic heterocycles. The van der Waals surface area contributed by atoms with Crippen LogP contribution in [-0.4, -0.2) is 16.1 Å². The highest BCUT2D eigenvalue weighted by atomic mass is 16.4. The number of benzene rings is 1. The van der Waals surface area contributed by atoms with Crippen molar-refractivity contribution in [3.05, 3.63) is 35.0 Å². The van der Waals surface area contributed by atoms with Gasteiger partial charge in [0.15, 0.2) is 0 Å². The van der Waals surface area contributed by atoms with Gasteiger partial charge in [-0.15, -0.1) is 0 Å². The normalized spacial score (nSPS) is 16.7. The first-order chi connectivity index (χ1) is 9.06. The zero-order chi connectivity index (χ0) is 13.6. The van der Waals surface area contributed by atoms with Crippen LogP contribution < -0.4 is 0 Å². The Labute approximate surface area is 112 Å². The third kappa shape index (κ3) is 2.25. The third-order valence-electron chi connectivity index (χ3n) is 4.15. The molecule has 1 heterocycles. The maximum Gasteiger partial charge on any atom is 0.303 e. The number of carboxylic acid groups (broad SMARTS) is 1. The third-order valence-corrected chi connectivity index (χ3v) is 4.15. The van der Waals surface area contributed by atoms with Gasteiger partial charge in [-0.1, -0.05) is 11.6 Å². The van der Waals surface area contributed by atoms with Crippen molar-refractivity contribution in [1.29, 1.82) is 0 Å². The van der Waals surface area contributed by atoms with Crippen molar-refractivity contribution in [2.75, 3.05) is 0 Å². The average Bonchev–Trinajstić information content (AvgIpc) is 3.10. The van der Waals surface area contributed by atoms with E-state index < -0.39 is 5.97 Å². The molecule has 0 amide bonds. The van der Waals surface area contributed by atoms with Gasteiger partial charge >= 0.3 is 5.97 Å². The van der Waals surface area contributed by atoms with Gasteiger partial charge in [-0.3, -0.25) is 4.79 Å².